The molecule has 3 nitrogen and oxygen atoms in total. The van der Waals surface area contributed by atoms with Gasteiger partial charge in [0.1, 0.15) is 17.5 Å². The van der Waals surface area contributed by atoms with E-state index in [1.807, 2.05) is 10.8 Å². The molecule has 1 atom stereocenters. The monoisotopic (exact) mass is 265 g/mol. The first-order chi connectivity index (χ1) is 9.11. The molecule has 1 unspecified atom stereocenters. The van der Waals surface area contributed by atoms with Gasteiger partial charge in [-0.2, -0.15) is 0 Å². The minimum atomic E-state index is -0.597. The lowest BCUT2D eigenvalue weighted by Crippen LogP contribution is -2.20. The van der Waals surface area contributed by atoms with E-state index in [1.165, 1.54) is 0 Å². The molecule has 1 aromatic carbocycles. The number of imidazole rings is 1. The van der Waals surface area contributed by atoms with E-state index in [2.05, 4.69) is 11.9 Å². The van der Waals surface area contributed by atoms with E-state index >= 15 is 0 Å². The molecule has 5 heteroatoms. The average Bonchev–Trinajstić information content (AvgIpc) is 2.80. The highest BCUT2D eigenvalue weighted by Crippen LogP contribution is 2.18. The fourth-order valence-electron chi connectivity index (χ4n) is 2.07. The van der Waals surface area contributed by atoms with Gasteiger partial charge in [-0.3, -0.25) is 0 Å². The molecule has 0 aliphatic heterocycles. The van der Waals surface area contributed by atoms with Gasteiger partial charge in [-0.1, -0.05) is 6.92 Å². The van der Waals surface area contributed by atoms with Crippen molar-refractivity contribution in [2.75, 3.05) is 0 Å². The maximum Gasteiger partial charge on any atom is 0.128 e. The lowest BCUT2D eigenvalue weighted by Gasteiger charge is -2.15. The number of benzene rings is 1. The largest absolute Gasteiger partial charge is 0.333 e. The van der Waals surface area contributed by atoms with Crippen LogP contribution < -0.4 is 5.73 Å². The number of halogens is 2. The van der Waals surface area contributed by atoms with E-state index in [9.17, 15) is 8.78 Å². The summed E-state index contributed by atoms with van der Waals surface area (Å²) in [4.78, 5) is 4.23. The fraction of sp³-hybridized carbons (Fsp3) is 0.357. The molecular weight excluding hydrogens is 248 g/mol. The van der Waals surface area contributed by atoms with Crippen LogP contribution >= 0.6 is 0 Å². The number of hydrogen-bond acceptors (Lipinski definition) is 2. The van der Waals surface area contributed by atoms with Gasteiger partial charge >= 0.3 is 0 Å². The van der Waals surface area contributed by atoms with Crippen molar-refractivity contribution in [1.82, 2.24) is 9.55 Å². The third-order valence-electron chi connectivity index (χ3n) is 3.03. The molecule has 2 N–H and O–H groups in total. The van der Waals surface area contributed by atoms with Crippen molar-refractivity contribution in [3.63, 3.8) is 0 Å². The molecule has 2 rings (SSSR count). The van der Waals surface area contributed by atoms with Crippen LogP contribution in [0.4, 0.5) is 8.78 Å². The number of hydrogen-bond donors (Lipinski definition) is 1. The normalized spacial score (nSPS) is 12.6. The lowest BCUT2D eigenvalue weighted by molar-refractivity contribution is 0.511. The van der Waals surface area contributed by atoms with Crippen molar-refractivity contribution in [2.24, 2.45) is 5.73 Å². The van der Waals surface area contributed by atoms with Gasteiger partial charge in [-0.15, -0.1) is 0 Å². The van der Waals surface area contributed by atoms with Crippen LogP contribution in [0.15, 0.2) is 30.6 Å². The summed E-state index contributed by atoms with van der Waals surface area (Å²) in [7, 11) is 0. The third-order valence-corrected chi connectivity index (χ3v) is 3.03. The molecule has 102 valence electrons. The summed E-state index contributed by atoms with van der Waals surface area (Å²) in [6.07, 6.45) is 5.31. The van der Waals surface area contributed by atoms with E-state index in [0.717, 1.165) is 36.9 Å². The summed E-state index contributed by atoms with van der Waals surface area (Å²) in [5.74, 6) is -0.0490. The van der Waals surface area contributed by atoms with Crippen molar-refractivity contribution in [2.45, 2.75) is 32.4 Å². The number of aryl methyl sites for hydroxylation is 1. The topological polar surface area (TPSA) is 43.8 Å². The minimum Gasteiger partial charge on any atom is -0.333 e. The molecule has 0 bridgehead atoms. The van der Waals surface area contributed by atoms with E-state index < -0.39 is 17.7 Å². The van der Waals surface area contributed by atoms with Crippen molar-refractivity contribution >= 4 is 0 Å². The Bertz CT molecular complexity index is 551. The highest BCUT2D eigenvalue weighted by Gasteiger charge is 2.14. The van der Waals surface area contributed by atoms with Crippen LogP contribution in [-0.2, 0) is 13.0 Å². The number of nitrogens with zero attached hydrogens (tertiary/aromatic N) is 2. The lowest BCUT2D eigenvalue weighted by atomic mass is 10.1. The highest BCUT2D eigenvalue weighted by atomic mass is 19.1. The predicted octanol–water partition coefficient (Wildman–Crippen LogP) is 2.81. The van der Waals surface area contributed by atoms with E-state index in [4.69, 9.17) is 5.73 Å². The second-order valence-corrected chi connectivity index (χ2v) is 4.52. The molecule has 19 heavy (non-hydrogen) atoms. The second kappa shape index (κ2) is 5.93. The molecule has 0 aliphatic rings. The Morgan fingerprint density at radius 1 is 1.37 bits per heavy atom. The number of rotatable bonds is 5. The Hall–Kier alpha value is -1.75. The van der Waals surface area contributed by atoms with Gasteiger partial charge < -0.3 is 10.3 Å². The second-order valence-electron chi connectivity index (χ2n) is 4.52. The Balaban J connectivity index is 2.18. The van der Waals surface area contributed by atoms with E-state index in [-0.39, 0.29) is 5.56 Å². The van der Waals surface area contributed by atoms with Crippen LogP contribution in [0.3, 0.4) is 0 Å². The summed E-state index contributed by atoms with van der Waals surface area (Å²) < 4.78 is 28.7. The molecular formula is C14H17F2N3. The summed E-state index contributed by atoms with van der Waals surface area (Å²) in [6.45, 7) is 2.45. The molecule has 0 spiro atoms. The number of aromatic nitrogens is 2. The standard InChI is InChI=1S/C14H17F2N3/c1-2-3-14-18-6-7-19(14)9-13(17)11-8-10(15)4-5-12(11)16/h4-8,13H,2-3,9,17H2,1H3. The first-order valence-electron chi connectivity index (χ1n) is 6.32. The first-order valence-corrected chi connectivity index (χ1v) is 6.32. The van der Waals surface area contributed by atoms with Crippen molar-refractivity contribution in [3.05, 3.63) is 53.6 Å². The quantitative estimate of drug-likeness (QED) is 0.903. The molecule has 0 aliphatic carbocycles. The number of nitrogens with two attached hydrogens (primary N) is 1. The van der Waals surface area contributed by atoms with E-state index in [0.29, 0.717) is 6.54 Å². The van der Waals surface area contributed by atoms with Crippen molar-refractivity contribution in [1.29, 1.82) is 0 Å². The van der Waals surface area contributed by atoms with Gasteiger partial charge in [0.15, 0.2) is 0 Å². The van der Waals surface area contributed by atoms with Crippen LogP contribution in [0, 0.1) is 11.6 Å². The maximum atomic E-state index is 13.6. The van der Waals surface area contributed by atoms with Crippen LogP contribution in [0.1, 0.15) is 30.8 Å². The zero-order valence-electron chi connectivity index (χ0n) is 10.8. The first kappa shape index (κ1) is 13.7. The van der Waals surface area contributed by atoms with E-state index in [1.54, 1.807) is 6.20 Å². The van der Waals surface area contributed by atoms with Gasteiger partial charge in [0.2, 0.25) is 0 Å². The van der Waals surface area contributed by atoms with Crippen LogP contribution in [0.2, 0.25) is 0 Å². The molecule has 1 heterocycles. The Kier molecular flexibility index (Phi) is 4.27. The van der Waals surface area contributed by atoms with Gasteiger partial charge in [0.05, 0.1) is 6.04 Å². The molecule has 0 saturated carbocycles. The van der Waals surface area contributed by atoms with Gasteiger partial charge in [0.25, 0.3) is 0 Å². The van der Waals surface area contributed by atoms with Crippen LogP contribution in [0.5, 0.6) is 0 Å². The minimum absolute atomic E-state index is 0.191. The molecule has 0 radical (unpaired) electrons. The van der Waals surface area contributed by atoms with Gasteiger partial charge in [0, 0.05) is 30.9 Å². The van der Waals surface area contributed by atoms with Gasteiger partial charge in [-0.25, -0.2) is 13.8 Å². The molecule has 1 aromatic heterocycles. The smallest absolute Gasteiger partial charge is 0.128 e. The fourth-order valence-corrected chi connectivity index (χ4v) is 2.07. The Labute approximate surface area is 111 Å². The van der Waals surface area contributed by atoms with Crippen LogP contribution in [-0.4, -0.2) is 9.55 Å². The summed E-state index contributed by atoms with van der Waals surface area (Å²) >= 11 is 0. The summed E-state index contributed by atoms with van der Waals surface area (Å²) in [5.41, 5.74) is 6.16. The highest BCUT2D eigenvalue weighted by molar-refractivity contribution is 5.22. The van der Waals surface area contributed by atoms with Gasteiger partial charge in [-0.05, 0) is 24.6 Å². The van der Waals surface area contributed by atoms with Crippen LogP contribution in [0.25, 0.3) is 0 Å². The maximum absolute atomic E-state index is 13.6. The predicted molar refractivity (Wildman–Crippen MR) is 69.5 cm³/mol. The molecule has 0 fully saturated rings. The summed E-state index contributed by atoms with van der Waals surface area (Å²) in [5, 5.41) is 0. The average molecular weight is 265 g/mol. The Morgan fingerprint density at radius 3 is 2.89 bits per heavy atom. The zero-order valence-corrected chi connectivity index (χ0v) is 10.8. The molecule has 0 amide bonds. The SMILES string of the molecule is CCCc1nccn1CC(N)c1cc(F)ccc1F. The van der Waals surface area contributed by atoms with Crippen molar-refractivity contribution in [3.8, 4) is 0 Å². The Morgan fingerprint density at radius 2 is 2.16 bits per heavy atom. The van der Waals surface area contributed by atoms with Crippen molar-refractivity contribution < 1.29 is 8.78 Å². The molecule has 2 aromatic rings. The summed E-state index contributed by atoms with van der Waals surface area (Å²) in [6, 6.07) is 2.74. The zero-order chi connectivity index (χ0) is 13.8. The molecule has 0 saturated heterocycles. The third kappa shape index (κ3) is 3.17.